The van der Waals surface area contributed by atoms with Gasteiger partial charge in [0.05, 0.1) is 16.9 Å². The molecule has 0 bridgehead atoms. The van der Waals surface area contributed by atoms with Crippen molar-refractivity contribution in [2.45, 2.75) is 169 Å². The van der Waals surface area contributed by atoms with Gasteiger partial charge in [0.15, 0.2) is 0 Å². The monoisotopic (exact) mass is 1020 g/mol. The molecule has 3 nitrogen and oxygen atoms in total. The third kappa shape index (κ3) is 8.12. The van der Waals surface area contributed by atoms with Crippen molar-refractivity contribution in [3.63, 3.8) is 0 Å². The molecule has 0 aromatic heterocycles. The number of hydrogen-bond acceptors (Lipinski definition) is 3. The summed E-state index contributed by atoms with van der Waals surface area (Å²) in [5.41, 5.74) is 28.0. The van der Waals surface area contributed by atoms with Crippen molar-refractivity contribution in [2.75, 3.05) is 14.7 Å². The van der Waals surface area contributed by atoms with Crippen LogP contribution in [-0.4, -0.2) is 12.3 Å². The summed E-state index contributed by atoms with van der Waals surface area (Å²) in [6.07, 6.45) is 4.73. The minimum atomic E-state index is -0.173. The first-order valence-corrected chi connectivity index (χ1v) is 29.2. The van der Waals surface area contributed by atoms with Gasteiger partial charge in [0, 0.05) is 50.7 Å². The molecule has 1 aliphatic carbocycles. The van der Waals surface area contributed by atoms with E-state index in [1.807, 2.05) is 0 Å². The van der Waals surface area contributed by atoms with Gasteiger partial charge in [-0.3, -0.25) is 0 Å². The van der Waals surface area contributed by atoms with E-state index in [2.05, 4.69) is 283 Å². The van der Waals surface area contributed by atoms with Gasteiger partial charge in [0.1, 0.15) is 0 Å². The van der Waals surface area contributed by atoms with Crippen molar-refractivity contribution < 1.29 is 0 Å². The zero-order valence-corrected chi connectivity index (χ0v) is 49.8. The molecule has 8 aromatic carbocycles. The van der Waals surface area contributed by atoms with Crippen LogP contribution in [0, 0.1) is 13.8 Å². The molecule has 12 rings (SSSR count). The first-order valence-electron chi connectivity index (χ1n) is 29.2. The normalized spacial score (nSPS) is 18.8. The summed E-state index contributed by atoms with van der Waals surface area (Å²) in [5, 5.41) is 0. The number of fused-ring (bicyclic) bond motifs is 7. The van der Waals surface area contributed by atoms with E-state index in [-0.39, 0.29) is 39.3 Å². The van der Waals surface area contributed by atoms with Crippen LogP contribution in [0.15, 0.2) is 158 Å². The van der Waals surface area contributed by atoms with Crippen molar-refractivity contribution >= 4 is 68.6 Å². The molecule has 4 heteroatoms. The molecule has 0 N–H and O–H groups in total. The van der Waals surface area contributed by atoms with Gasteiger partial charge in [0.25, 0.3) is 6.71 Å². The van der Waals surface area contributed by atoms with Gasteiger partial charge in [0.2, 0.25) is 0 Å². The van der Waals surface area contributed by atoms with Gasteiger partial charge in [-0.1, -0.05) is 218 Å². The fraction of sp³-hybridized carbons (Fsp3) is 0.351. The maximum absolute atomic E-state index is 2.86. The lowest BCUT2D eigenvalue weighted by Gasteiger charge is -2.51. The lowest BCUT2D eigenvalue weighted by atomic mass is 9.33. The minimum absolute atomic E-state index is 0.0403. The summed E-state index contributed by atoms with van der Waals surface area (Å²) < 4.78 is 0. The van der Waals surface area contributed by atoms with Gasteiger partial charge in [-0.05, 0) is 165 Å². The standard InChI is InChI=1S/C74H82BN3/c1-47-39-48(2)68-58(40-47)73(15)37-23-24-38-74(73,16)78(68)55-45-65-67-66(46-55)77(62-36-32-52(70(6,7)8)42-57(62)50-27-21-18-22-28-50)64-44-54(72(12,13)14)30-34-60(64)75(67)59-33-29-53(71(9,10)11)43-63(59)76(65)61-35-31-51(69(3,4)5)41-56(61)49-25-19-17-20-26-49/h17-22,25-36,39-46H,23-24,37-38H2,1-16H3. The zero-order chi connectivity index (χ0) is 55.2. The van der Waals surface area contributed by atoms with Crippen LogP contribution in [0.25, 0.3) is 22.3 Å². The van der Waals surface area contributed by atoms with E-state index < -0.39 is 0 Å². The average molecular weight is 1020 g/mol. The van der Waals surface area contributed by atoms with Crippen LogP contribution in [0.2, 0.25) is 0 Å². The van der Waals surface area contributed by atoms with Gasteiger partial charge in [-0.15, -0.1) is 0 Å². The zero-order valence-electron chi connectivity index (χ0n) is 49.8. The van der Waals surface area contributed by atoms with Crippen molar-refractivity contribution in [2.24, 2.45) is 0 Å². The van der Waals surface area contributed by atoms with E-state index in [9.17, 15) is 0 Å². The highest BCUT2D eigenvalue weighted by Gasteiger charge is 2.59. The van der Waals surface area contributed by atoms with Crippen molar-refractivity contribution in [1.29, 1.82) is 0 Å². The third-order valence-electron chi connectivity index (χ3n) is 19.0. The smallest absolute Gasteiger partial charge is 0.252 e. The van der Waals surface area contributed by atoms with Crippen LogP contribution in [0.1, 0.15) is 162 Å². The molecule has 4 aliphatic rings. The Hall–Kier alpha value is -6.78. The molecule has 0 radical (unpaired) electrons. The van der Waals surface area contributed by atoms with Crippen molar-refractivity contribution in [3.05, 3.63) is 197 Å². The van der Waals surface area contributed by atoms with E-state index in [0.29, 0.717) is 0 Å². The molecule has 0 amide bonds. The highest BCUT2D eigenvalue weighted by atomic mass is 15.3. The summed E-state index contributed by atoms with van der Waals surface area (Å²) in [7, 11) is 0. The maximum Gasteiger partial charge on any atom is 0.252 e. The van der Waals surface area contributed by atoms with E-state index in [4.69, 9.17) is 0 Å². The Bertz CT molecular complexity index is 3500. The van der Waals surface area contributed by atoms with Crippen LogP contribution >= 0.6 is 0 Å². The van der Waals surface area contributed by atoms with Crippen LogP contribution in [0.5, 0.6) is 0 Å². The molecule has 2 unspecified atom stereocenters. The number of nitrogens with zero attached hydrogens (tertiary/aromatic N) is 3. The van der Waals surface area contributed by atoms with Crippen LogP contribution in [-0.2, 0) is 27.1 Å². The fourth-order valence-electron chi connectivity index (χ4n) is 14.3. The van der Waals surface area contributed by atoms with E-state index in [1.54, 1.807) is 0 Å². The van der Waals surface area contributed by atoms with E-state index >= 15 is 0 Å². The molecule has 3 aliphatic heterocycles. The Morgan fingerprint density at radius 1 is 0.423 bits per heavy atom. The fourth-order valence-corrected chi connectivity index (χ4v) is 14.3. The molecule has 8 aromatic rings. The number of aryl methyl sites for hydroxylation is 2. The molecule has 78 heavy (non-hydrogen) atoms. The Morgan fingerprint density at radius 3 is 1.29 bits per heavy atom. The highest BCUT2D eigenvalue weighted by Crippen LogP contribution is 2.63. The van der Waals surface area contributed by atoms with E-state index in [0.717, 1.165) is 6.42 Å². The Kier molecular flexibility index (Phi) is 11.9. The number of hydrogen-bond donors (Lipinski definition) is 0. The molecule has 396 valence electrons. The largest absolute Gasteiger partial charge is 0.334 e. The summed E-state index contributed by atoms with van der Waals surface area (Å²) in [5.74, 6) is 0. The highest BCUT2D eigenvalue weighted by molar-refractivity contribution is 7.00. The van der Waals surface area contributed by atoms with Crippen LogP contribution in [0.3, 0.4) is 0 Å². The Labute approximate surface area is 468 Å². The molecular weight excluding hydrogens is 942 g/mol. The Balaban J connectivity index is 1.28. The quantitative estimate of drug-likeness (QED) is 0.159. The second kappa shape index (κ2) is 17.9. The predicted molar refractivity (Wildman–Crippen MR) is 338 cm³/mol. The average Bonchev–Trinajstić information content (AvgIpc) is 2.88. The first kappa shape index (κ1) is 52.0. The Morgan fingerprint density at radius 2 is 0.846 bits per heavy atom. The molecule has 1 saturated carbocycles. The topological polar surface area (TPSA) is 9.72 Å². The van der Waals surface area contributed by atoms with Crippen molar-refractivity contribution in [1.82, 2.24) is 0 Å². The molecule has 0 spiro atoms. The summed E-state index contributed by atoms with van der Waals surface area (Å²) in [4.78, 5) is 8.29. The molecular formula is C74H82BN3. The second-order valence-electron chi connectivity index (χ2n) is 28.4. The molecule has 1 fully saturated rings. The lowest BCUT2D eigenvalue weighted by molar-refractivity contribution is 0.195. The van der Waals surface area contributed by atoms with Crippen LogP contribution < -0.4 is 31.1 Å². The maximum atomic E-state index is 2.86. The SMILES string of the molecule is Cc1cc(C)c2c(c1)C1(C)CCCCC1(C)N2c1cc2c3c(c1)N(c1ccc(C(C)(C)C)cc1-c1ccccc1)c1cc(C(C)(C)C)ccc1B3c1ccc(C(C)(C)C)cc1N2c1ccc(C(C)(C)C)cc1-c1ccccc1. The lowest BCUT2D eigenvalue weighted by Crippen LogP contribution is -2.61. The van der Waals surface area contributed by atoms with Gasteiger partial charge < -0.3 is 14.7 Å². The van der Waals surface area contributed by atoms with Gasteiger partial charge >= 0.3 is 0 Å². The summed E-state index contributed by atoms with van der Waals surface area (Å²) in [6, 6.07) is 62.3. The molecule has 2 atom stereocenters. The summed E-state index contributed by atoms with van der Waals surface area (Å²) in [6.45, 7) is 38.1. The number of benzene rings is 8. The first-order chi connectivity index (χ1) is 36.8. The third-order valence-corrected chi connectivity index (χ3v) is 19.0. The van der Waals surface area contributed by atoms with Gasteiger partial charge in [-0.2, -0.15) is 0 Å². The van der Waals surface area contributed by atoms with E-state index in [1.165, 1.54) is 142 Å². The molecule has 0 saturated heterocycles. The van der Waals surface area contributed by atoms with Crippen LogP contribution in [0.4, 0.5) is 45.5 Å². The number of anilines is 8. The predicted octanol–water partition coefficient (Wildman–Crippen LogP) is 18.7. The summed E-state index contributed by atoms with van der Waals surface area (Å²) >= 11 is 0. The van der Waals surface area contributed by atoms with Crippen molar-refractivity contribution in [3.8, 4) is 22.3 Å². The van der Waals surface area contributed by atoms with Gasteiger partial charge in [-0.25, -0.2) is 0 Å². The second-order valence-corrected chi connectivity index (χ2v) is 28.4. The molecule has 3 heterocycles. The number of rotatable bonds is 5. The minimum Gasteiger partial charge on any atom is -0.334 e.